The molecule has 0 bridgehead atoms. The third-order valence-corrected chi connectivity index (χ3v) is 3.53. The zero-order valence-electron chi connectivity index (χ0n) is 10.8. The number of rotatable bonds is 4. The number of halogens is 1. The fourth-order valence-corrected chi connectivity index (χ4v) is 2.81. The van der Waals surface area contributed by atoms with E-state index in [0.29, 0.717) is 0 Å². The Kier molecular flexibility index (Phi) is 4.49. The van der Waals surface area contributed by atoms with E-state index in [2.05, 4.69) is 21.7 Å². The molecular weight excluding hydrogens is 289 g/mol. The second-order valence-electron chi connectivity index (χ2n) is 5.02. The molecule has 0 saturated heterocycles. The van der Waals surface area contributed by atoms with Gasteiger partial charge in [-0.15, -0.1) is 0 Å². The molecule has 0 aromatic heterocycles. The van der Waals surface area contributed by atoms with Crippen LogP contribution < -0.4 is 15.2 Å². The molecular formula is C11H16FN3O2S2. The van der Waals surface area contributed by atoms with E-state index in [-0.39, 0.29) is 16.2 Å². The van der Waals surface area contributed by atoms with Crippen molar-refractivity contribution < 1.29 is 12.8 Å². The zero-order valence-corrected chi connectivity index (χ0v) is 12.5. The molecule has 0 unspecified atom stereocenters. The van der Waals surface area contributed by atoms with E-state index in [1.807, 2.05) is 0 Å². The van der Waals surface area contributed by atoms with Crippen LogP contribution in [-0.4, -0.2) is 18.9 Å². The topological polar surface area (TPSA) is 84.2 Å². The van der Waals surface area contributed by atoms with Crippen LogP contribution in [0.3, 0.4) is 0 Å². The Morgan fingerprint density at radius 2 is 1.95 bits per heavy atom. The van der Waals surface area contributed by atoms with Crippen LogP contribution >= 0.6 is 12.2 Å². The van der Waals surface area contributed by atoms with Gasteiger partial charge in [0.25, 0.3) is 10.2 Å². The summed E-state index contributed by atoms with van der Waals surface area (Å²) in [5, 5.41) is 0. The van der Waals surface area contributed by atoms with Crippen molar-refractivity contribution in [3.05, 3.63) is 29.6 Å². The standard InChI is InChI=1S/C11H16FN3O2S2/c1-11(2,3)15-19(16,17)14-7-4-5-9(12)8(6-7)10(13)18/h4-6,14-15H,1-3H3,(H2,13,18). The summed E-state index contributed by atoms with van der Waals surface area (Å²) in [5.74, 6) is -0.598. The van der Waals surface area contributed by atoms with E-state index in [1.54, 1.807) is 20.8 Å². The molecule has 19 heavy (non-hydrogen) atoms. The molecule has 0 saturated carbocycles. The Morgan fingerprint density at radius 3 is 2.42 bits per heavy atom. The second kappa shape index (κ2) is 5.40. The van der Waals surface area contributed by atoms with Crippen molar-refractivity contribution in [2.75, 3.05) is 4.72 Å². The van der Waals surface area contributed by atoms with Gasteiger partial charge in [-0.1, -0.05) is 12.2 Å². The van der Waals surface area contributed by atoms with Gasteiger partial charge in [0.1, 0.15) is 10.8 Å². The van der Waals surface area contributed by atoms with Gasteiger partial charge in [-0.3, -0.25) is 4.72 Å². The first kappa shape index (κ1) is 15.8. The molecule has 0 fully saturated rings. The number of nitrogens with one attached hydrogen (secondary N) is 2. The van der Waals surface area contributed by atoms with Crippen LogP contribution in [-0.2, 0) is 10.2 Å². The van der Waals surface area contributed by atoms with Crippen LogP contribution in [0.15, 0.2) is 18.2 Å². The molecule has 0 amide bonds. The van der Waals surface area contributed by atoms with Gasteiger partial charge in [-0.05, 0) is 39.0 Å². The molecule has 0 aliphatic heterocycles. The monoisotopic (exact) mass is 305 g/mol. The lowest BCUT2D eigenvalue weighted by Crippen LogP contribution is -2.43. The Hall–Kier alpha value is -1.25. The van der Waals surface area contributed by atoms with Gasteiger partial charge >= 0.3 is 0 Å². The lowest BCUT2D eigenvalue weighted by atomic mass is 10.1. The number of hydrogen-bond donors (Lipinski definition) is 3. The summed E-state index contributed by atoms with van der Waals surface area (Å²) >= 11 is 4.68. The van der Waals surface area contributed by atoms with Crippen molar-refractivity contribution in [3.8, 4) is 0 Å². The Labute approximate surface area is 117 Å². The van der Waals surface area contributed by atoms with Crippen LogP contribution in [0, 0.1) is 5.82 Å². The third kappa shape index (κ3) is 5.09. The summed E-state index contributed by atoms with van der Waals surface area (Å²) in [6.07, 6.45) is 0. The lowest BCUT2D eigenvalue weighted by Gasteiger charge is -2.21. The highest BCUT2D eigenvalue weighted by molar-refractivity contribution is 7.90. The van der Waals surface area contributed by atoms with Crippen molar-refractivity contribution in [1.82, 2.24) is 4.72 Å². The van der Waals surface area contributed by atoms with Crippen molar-refractivity contribution in [1.29, 1.82) is 0 Å². The van der Waals surface area contributed by atoms with Crippen molar-refractivity contribution in [2.45, 2.75) is 26.3 Å². The van der Waals surface area contributed by atoms with Gasteiger partial charge in [-0.25, -0.2) is 4.39 Å². The summed E-state index contributed by atoms with van der Waals surface area (Å²) in [6, 6.07) is 3.64. The molecule has 0 atom stereocenters. The second-order valence-corrected chi connectivity index (χ2v) is 6.87. The fourth-order valence-electron chi connectivity index (χ4n) is 1.36. The van der Waals surface area contributed by atoms with Crippen LogP contribution in [0.4, 0.5) is 10.1 Å². The maximum atomic E-state index is 13.4. The molecule has 0 aliphatic rings. The highest BCUT2D eigenvalue weighted by atomic mass is 32.2. The summed E-state index contributed by atoms with van der Waals surface area (Å²) in [7, 11) is -3.75. The number of thiocarbonyl (C=S) groups is 1. The van der Waals surface area contributed by atoms with Crippen molar-refractivity contribution >= 4 is 33.1 Å². The van der Waals surface area contributed by atoms with E-state index >= 15 is 0 Å². The number of nitrogens with two attached hydrogens (primary N) is 1. The molecule has 1 rings (SSSR count). The Bertz CT molecular complexity index is 594. The first-order valence-corrected chi connectivity index (χ1v) is 7.30. The summed E-state index contributed by atoms with van der Waals surface area (Å²) in [4.78, 5) is -0.137. The molecule has 0 spiro atoms. The summed E-state index contributed by atoms with van der Waals surface area (Å²) < 4.78 is 41.7. The van der Waals surface area contributed by atoms with E-state index < -0.39 is 21.6 Å². The minimum absolute atomic E-state index is 0.00837. The van der Waals surface area contributed by atoms with E-state index in [4.69, 9.17) is 5.73 Å². The number of anilines is 1. The smallest absolute Gasteiger partial charge is 0.299 e. The SMILES string of the molecule is CC(C)(C)NS(=O)(=O)Nc1ccc(F)c(C(N)=S)c1. The first-order valence-electron chi connectivity index (χ1n) is 5.41. The maximum Gasteiger partial charge on any atom is 0.299 e. The quantitative estimate of drug-likeness (QED) is 0.736. The molecule has 4 N–H and O–H groups in total. The summed E-state index contributed by atoms with van der Waals surface area (Å²) in [6.45, 7) is 5.12. The van der Waals surface area contributed by atoms with Crippen molar-refractivity contribution in [2.24, 2.45) is 5.73 Å². The Balaban J connectivity index is 3.01. The first-order chi connectivity index (χ1) is 8.50. The molecule has 1 aromatic carbocycles. The fraction of sp³-hybridized carbons (Fsp3) is 0.364. The average molecular weight is 305 g/mol. The van der Waals surface area contributed by atoms with Gasteiger partial charge in [0.2, 0.25) is 0 Å². The van der Waals surface area contributed by atoms with Gasteiger partial charge in [-0.2, -0.15) is 13.1 Å². The molecule has 0 radical (unpaired) electrons. The van der Waals surface area contributed by atoms with Gasteiger partial charge in [0.15, 0.2) is 0 Å². The minimum Gasteiger partial charge on any atom is -0.389 e. The van der Waals surface area contributed by atoms with E-state index in [0.717, 1.165) is 6.07 Å². The number of hydrogen-bond acceptors (Lipinski definition) is 3. The highest BCUT2D eigenvalue weighted by Crippen LogP contribution is 2.16. The average Bonchev–Trinajstić information content (AvgIpc) is 2.16. The predicted octanol–water partition coefficient (Wildman–Crippen LogP) is 1.50. The van der Waals surface area contributed by atoms with E-state index in [9.17, 15) is 12.8 Å². The molecule has 106 valence electrons. The Morgan fingerprint density at radius 1 is 1.37 bits per heavy atom. The molecule has 0 aliphatic carbocycles. The normalized spacial score (nSPS) is 12.2. The van der Waals surface area contributed by atoms with Crippen LogP contribution in [0.5, 0.6) is 0 Å². The molecule has 0 heterocycles. The van der Waals surface area contributed by atoms with E-state index in [1.165, 1.54) is 12.1 Å². The lowest BCUT2D eigenvalue weighted by molar-refractivity contribution is 0.494. The maximum absolute atomic E-state index is 13.4. The van der Waals surface area contributed by atoms with Gasteiger partial charge in [0, 0.05) is 11.1 Å². The third-order valence-electron chi connectivity index (χ3n) is 1.92. The minimum atomic E-state index is -3.75. The van der Waals surface area contributed by atoms with Gasteiger partial charge < -0.3 is 5.73 Å². The predicted molar refractivity (Wildman–Crippen MR) is 77.7 cm³/mol. The van der Waals surface area contributed by atoms with Gasteiger partial charge in [0.05, 0.1) is 5.69 Å². The number of benzene rings is 1. The molecule has 8 heteroatoms. The summed E-state index contributed by atoms with van der Waals surface area (Å²) in [5.41, 5.74) is 4.89. The van der Waals surface area contributed by atoms with Crippen LogP contribution in [0.2, 0.25) is 0 Å². The van der Waals surface area contributed by atoms with Crippen LogP contribution in [0.25, 0.3) is 0 Å². The highest BCUT2D eigenvalue weighted by Gasteiger charge is 2.20. The molecule has 1 aromatic rings. The largest absolute Gasteiger partial charge is 0.389 e. The van der Waals surface area contributed by atoms with Crippen LogP contribution in [0.1, 0.15) is 26.3 Å². The van der Waals surface area contributed by atoms with Crippen molar-refractivity contribution in [3.63, 3.8) is 0 Å². The zero-order chi connectivity index (χ0) is 14.8. The molecule has 5 nitrogen and oxygen atoms in total.